The van der Waals surface area contributed by atoms with Gasteiger partial charge in [-0.15, -0.1) is 0 Å². The van der Waals surface area contributed by atoms with Crippen LogP contribution in [0.3, 0.4) is 0 Å². The first kappa shape index (κ1) is 31.5. The van der Waals surface area contributed by atoms with Crippen LogP contribution in [0, 0.1) is 0 Å². The van der Waals surface area contributed by atoms with Gasteiger partial charge < -0.3 is 13.6 Å². The zero-order valence-electron chi connectivity index (χ0n) is 23.2. The summed E-state index contributed by atoms with van der Waals surface area (Å²) in [5.41, 5.74) is 0. The number of ether oxygens (including phenoxy) is 1. The summed E-state index contributed by atoms with van der Waals surface area (Å²) < 4.78 is 19.0. The molecular formula is C27H54O5Si2. The van der Waals surface area contributed by atoms with E-state index in [1.165, 1.54) is 19.3 Å². The van der Waals surface area contributed by atoms with Gasteiger partial charge in [-0.2, -0.15) is 0 Å². The van der Waals surface area contributed by atoms with Crippen LogP contribution in [0.5, 0.6) is 0 Å². The van der Waals surface area contributed by atoms with Crippen molar-refractivity contribution in [2.24, 2.45) is 0 Å². The number of ketones is 1. The van der Waals surface area contributed by atoms with Gasteiger partial charge in [-0.1, -0.05) is 73.6 Å². The highest BCUT2D eigenvalue weighted by Gasteiger charge is 2.36. The minimum atomic E-state index is -1.94. The number of esters is 1. The largest absolute Gasteiger partial charge is 0.466 e. The number of carbonyl (C=O) groups is 2. The SMILES string of the molecule is CC[Si](CC)(CC)OC1CCCCCCCCOC(=O)CC(O[Si](CC)(CC)CC)CC(=O)C1. The minimum absolute atomic E-state index is 0.00468. The van der Waals surface area contributed by atoms with E-state index in [0.717, 1.165) is 61.9 Å². The first-order valence-electron chi connectivity index (χ1n) is 14.3. The first-order chi connectivity index (χ1) is 16.3. The molecule has 0 saturated carbocycles. The second-order valence-electron chi connectivity index (χ2n) is 10.2. The topological polar surface area (TPSA) is 61.8 Å². The Balaban J connectivity index is 3.04. The molecule has 1 heterocycles. The average Bonchev–Trinajstić information content (AvgIpc) is 2.84. The van der Waals surface area contributed by atoms with Gasteiger partial charge in [-0.3, -0.25) is 9.59 Å². The predicted octanol–water partition coefficient (Wildman–Crippen LogP) is 7.79. The molecule has 1 aliphatic heterocycles. The summed E-state index contributed by atoms with van der Waals surface area (Å²) in [5, 5.41) is 0. The van der Waals surface area contributed by atoms with Crippen LogP contribution in [-0.2, 0) is 23.2 Å². The standard InChI is InChI=1S/C27H54O5Si2/c1-7-33(8-2,9-3)31-25-19-17-15-13-14-16-18-20-30-27(29)23-26(22-24(28)21-25)32-34(10-4,11-5)12-6/h25-26H,7-23H2,1-6H3. The fraction of sp³-hybridized carbons (Fsp3) is 0.926. The molecule has 2 atom stereocenters. The molecule has 0 amide bonds. The maximum absolute atomic E-state index is 13.3. The predicted molar refractivity (Wildman–Crippen MR) is 146 cm³/mol. The van der Waals surface area contributed by atoms with Crippen LogP contribution in [0.4, 0.5) is 0 Å². The molecule has 5 nitrogen and oxygen atoms in total. The van der Waals surface area contributed by atoms with E-state index >= 15 is 0 Å². The third kappa shape index (κ3) is 11.0. The second kappa shape index (κ2) is 17.0. The van der Waals surface area contributed by atoms with Crippen molar-refractivity contribution in [2.45, 2.75) is 154 Å². The van der Waals surface area contributed by atoms with Gasteiger partial charge in [0.1, 0.15) is 5.78 Å². The normalized spacial score (nSPS) is 23.0. The van der Waals surface area contributed by atoms with Crippen molar-refractivity contribution in [1.29, 1.82) is 0 Å². The Morgan fingerprint density at radius 3 is 1.62 bits per heavy atom. The molecule has 0 N–H and O–H groups in total. The van der Waals surface area contributed by atoms with Crippen LogP contribution in [-0.4, -0.2) is 47.2 Å². The lowest BCUT2D eigenvalue weighted by Crippen LogP contribution is -2.42. The quantitative estimate of drug-likeness (QED) is 0.220. The van der Waals surface area contributed by atoms with Crippen molar-refractivity contribution < 1.29 is 23.2 Å². The van der Waals surface area contributed by atoms with Gasteiger partial charge in [0.15, 0.2) is 16.6 Å². The van der Waals surface area contributed by atoms with Crippen molar-refractivity contribution >= 4 is 28.4 Å². The van der Waals surface area contributed by atoms with E-state index in [4.69, 9.17) is 13.6 Å². The molecule has 0 aromatic carbocycles. The summed E-state index contributed by atoms with van der Waals surface area (Å²) in [5.74, 6) is -0.0504. The number of hydrogen-bond donors (Lipinski definition) is 0. The monoisotopic (exact) mass is 514 g/mol. The molecule has 0 bridgehead atoms. The Bertz CT molecular complexity index is 559. The number of carbonyl (C=O) groups excluding carboxylic acids is 2. The lowest BCUT2D eigenvalue weighted by molar-refractivity contribution is -0.146. The summed E-state index contributed by atoms with van der Waals surface area (Å²) in [6.45, 7) is 13.8. The van der Waals surface area contributed by atoms with Crippen molar-refractivity contribution in [3.05, 3.63) is 0 Å². The highest BCUT2D eigenvalue weighted by Crippen LogP contribution is 2.29. The van der Waals surface area contributed by atoms with Gasteiger partial charge in [0.2, 0.25) is 0 Å². The molecule has 34 heavy (non-hydrogen) atoms. The molecule has 7 heteroatoms. The molecule has 0 aromatic heterocycles. The average molecular weight is 515 g/mol. The zero-order chi connectivity index (χ0) is 25.5. The Labute approximate surface area is 212 Å². The van der Waals surface area contributed by atoms with Crippen molar-refractivity contribution in [1.82, 2.24) is 0 Å². The summed E-state index contributed by atoms with van der Waals surface area (Å²) in [4.78, 5) is 25.9. The number of rotatable bonds is 10. The van der Waals surface area contributed by atoms with E-state index in [2.05, 4.69) is 41.5 Å². The molecule has 200 valence electrons. The molecule has 1 rings (SSSR count). The Hall–Kier alpha value is -0.506. The summed E-state index contributed by atoms with van der Waals surface area (Å²) >= 11 is 0. The smallest absolute Gasteiger partial charge is 0.308 e. The van der Waals surface area contributed by atoms with Gasteiger partial charge >= 0.3 is 5.97 Å². The highest BCUT2D eigenvalue weighted by atomic mass is 28.4. The van der Waals surface area contributed by atoms with Crippen LogP contribution < -0.4 is 0 Å². The molecule has 1 aliphatic rings. The number of hydrogen-bond acceptors (Lipinski definition) is 5. The molecule has 0 radical (unpaired) electrons. The Morgan fingerprint density at radius 2 is 1.09 bits per heavy atom. The van der Waals surface area contributed by atoms with E-state index < -0.39 is 16.6 Å². The lowest BCUT2D eigenvalue weighted by Gasteiger charge is -2.34. The van der Waals surface area contributed by atoms with Gasteiger partial charge in [0, 0.05) is 12.8 Å². The second-order valence-corrected chi connectivity index (χ2v) is 19.7. The summed E-state index contributed by atoms with van der Waals surface area (Å²) in [7, 11) is -3.74. The van der Waals surface area contributed by atoms with E-state index in [1.807, 2.05) is 0 Å². The summed E-state index contributed by atoms with van der Waals surface area (Å²) in [6.07, 6.45) is 8.19. The van der Waals surface area contributed by atoms with Crippen molar-refractivity contribution in [3.8, 4) is 0 Å². The highest BCUT2D eigenvalue weighted by molar-refractivity contribution is 6.74. The number of cyclic esters (lactones) is 1. The minimum Gasteiger partial charge on any atom is -0.466 e. The zero-order valence-corrected chi connectivity index (χ0v) is 25.2. The van der Waals surface area contributed by atoms with Crippen LogP contribution >= 0.6 is 0 Å². The third-order valence-corrected chi connectivity index (χ3v) is 17.6. The fourth-order valence-corrected chi connectivity index (χ4v) is 11.1. The van der Waals surface area contributed by atoms with E-state index in [9.17, 15) is 9.59 Å². The van der Waals surface area contributed by atoms with Gasteiger partial charge in [-0.25, -0.2) is 0 Å². The Morgan fingerprint density at radius 1 is 0.647 bits per heavy atom. The van der Waals surface area contributed by atoms with E-state index in [-0.39, 0.29) is 30.4 Å². The fourth-order valence-electron chi connectivity index (χ4n) is 5.27. The van der Waals surface area contributed by atoms with Crippen molar-refractivity contribution in [3.63, 3.8) is 0 Å². The lowest BCUT2D eigenvalue weighted by atomic mass is 10.0. The van der Waals surface area contributed by atoms with Crippen LogP contribution in [0.1, 0.15) is 106 Å². The maximum Gasteiger partial charge on any atom is 0.308 e. The van der Waals surface area contributed by atoms with Crippen LogP contribution in [0.2, 0.25) is 36.3 Å². The molecule has 0 aliphatic carbocycles. The number of Topliss-reactive ketones (excluding diaryl/α,β-unsaturated/α-hetero) is 1. The molecule has 1 saturated heterocycles. The van der Waals surface area contributed by atoms with Gasteiger partial charge in [0.25, 0.3) is 0 Å². The van der Waals surface area contributed by atoms with Gasteiger partial charge in [0.05, 0.1) is 25.2 Å². The molecular weight excluding hydrogens is 460 g/mol. The molecule has 2 unspecified atom stereocenters. The molecule has 0 spiro atoms. The summed E-state index contributed by atoms with van der Waals surface area (Å²) in [6, 6.07) is 6.30. The van der Waals surface area contributed by atoms with E-state index in [1.54, 1.807) is 0 Å². The van der Waals surface area contributed by atoms with Gasteiger partial charge in [-0.05, 0) is 49.1 Å². The first-order valence-corrected chi connectivity index (χ1v) is 19.4. The van der Waals surface area contributed by atoms with Crippen molar-refractivity contribution in [2.75, 3.05) is 6.61 Å². The van der Waals surface area contributed by atoms with Crippen LogP contribution in [0.25, 0.3) is 0 Å². The molecule has 0 aromatic rings. The van der Waals surface area contributed by atoms with Crippen LogP contribution in [0.15, 0.2) is 0 Å². The van der Waals surface area contributed by atoms with E-state index in [0.29, 0.717) is 19.4 Å². The maximum atomic E-state index is 13.3. The molecule has 1 fully saturated rings. The Kier molecular flexibility index (Phi) is 15.8. The third-order valence-electron chi connectivity index (χ3n) is 8.19.